The number of hydrogen-bond donors (Lipinski definition) is 1. The molecule has 1 aromatic rings. The minimum absolute atomic E-state index is 0.291. The molecule has 0 heterocycles. The van der Waals surface area contributed by atoms with Crippen LogP contribution in [0.3, 0.4) is 0 Å². The molecule has 0 amide bonds. The third kappa shape index (κ3) is 4.87. The molecule has 0 saturated carbocycles. The number of anilines is 1. The van der Waals surface area contributed by atoms with Crippen LogP contribution in [0.4, 0.5) is 10.1 Å². The fraction of sp³-hybridized carbons (Fsp3) is 0.500. The van der Waals surface area contributed by atoms with Crippen LogP contribution < -0.4 is 10.2 Å². The zero-order valence-corrected chi connectivity index (χ0v) is 11.6. The third-order valence-corrected chi connectivity index (χ3v) is 2.83. The lowest BCUT2D eigenvalue weighted by molar-refractivity contribution is -0.142. The van der Waals surface area contributed by atoms with Crippen LogP contribution in [-0.2, 0) is 9.53 Å². The Morgan fingerprint density at radius 2 is 2.26 bits per heavy atom. The van der Waals surface area contributed by atoms with E-state index >= 15 is 0 Å². The average molecular weight is 268 g/mol. The number of hydrogen-bond acceptors (Lipinski definition) is 4. The van der Waals surface area contributed by atoms with Crippen LogP contribution in [0.5, 0.6) is 0 Å². The number of rotatable bonds is 7. The highest BCUT2D eigenvalue weighted by atomic mass is 19.1. The molecule has 0 spiro atoms. The highest BCUT2D eigenvalue weighted by molar-refractivity contribution is 5.76. The lowest BCUT2D eigenvalue weighted by Crippen LogP contribution is -2.46. The Labute approximate surface area is 113 Å². The second-order valence-corrected chi connectivity index (χ2v) is 4.39. The normalized spacial score (nSPS) is 12.0. The molecule has 0 radical (unpaired) electrons. The Balaban J connectivity index is 2.69. The van der Waals surface area contributed by atoms with Gasteiger partial charge < -0.3 is 15.0 Å². The van der Waals surface area contributed by atoms with Crippen molar-refractivity contribution in [1.82, 2.24) is 5.32 Å². The van der Waals surface area contributed by atoms with Crippen LogP contribution in [0.15, 0.2) is 24.3 Å². The molecule has 0 bridgehead atoms. The van der Waals surface area contributed by atoms with Gasteiger partial charge in [-0.1, -0.05) is 13.0 Å². The SMILES string of the molecule is CCCNC(CN(C)c1cccc(F)c1)C(=O)OC. The summed E-state index contributed by atoms with van der Waals surface area (Å²) in [4.78, 5) is 13.5. The van der Waals surface area contributed by atoms with E-state index < -0.39 is 6.04 Å². The summed E-state index contributed by atoms with van der Waals surface area (Å²) in [5.74, 6) is -0.600. The van der Waals surface area contributed by atoms with Gasteiger partial charge in [0.2, 0.25) is 0 Å². The standard InChI is InChI=1S/C14H21FN2O2/c1-4-8-16-13(14(18)19-3)10-17(2)12-7-5-6-11(15)9-12/h5-7,9,13,16H,4,8,10H2,1-3H3. The maximum absolute atomic E-state index is 13.2. The van der Waals surface area contributed by atoms with Gasteiger partial charge in [-0.05, 0) is 31.2 Å². The largest absolute Gasteiger partial charge is 0.468 e. The maximum Gasteiger partial charge on any atom is 0.324 e. The van der Waals surface area contributed by atoms with Crippen molar-refractivity contribution in [3.8, 4) is 0 Å². The Bertz CT molecular complexity index is 412. The number of nitrogens with zero attached hydrogens (tertiary/aromatic N) is 1. The van der Waals surface area contributed by atoms with E-state index in [2.05, 4.69) is 5.32 Å². The van der Waals surface area contributed by atoms with Crippen molar-refractivity contribution in [3.63, 3.8) is 0 Å². The molecule has 0 aliphatic rings. The number of carbonyl (C=O) groups excluding carboxylic acids is 1. The second-order valence-electron chi connectivity index (χ2n) is 4.39. The van der Waals surface area contributed by atoms with Gasteiger partial charge in [0.15, 0.2) is 0 Å². The molecule has 1 rings (SSSR count). The zero-order valence-electron chi connectivity index (χ0n) is 11.6. The number of carbonyl (C=O) groups is 1. The molecule has 0 saturated heterocycles. The Hall–Kier alpha value is -1.62. The van der Waals surface area contributed by atoms with E-state index in [4.69, 9.17) is 4.74 Å². The molecule has 0 aromatic heterocycles. The third-order valence-electron chi connectivity index (χ3n) is 2.83. The molecule has 1 unspecified atom stereocenters. The van der Waals surface area contributed by atoms with E-state index in [-0.39, 0.29) is 11.8 Å². The van der Waals surface area contributed by atoms with Crippen LogP contribution >= 0.6 is 0 Å². The van der Waals surface area contributed by atoms with Crippen LogP contribution in [0.1, 0.15) is 13.3 Å². The van der Waals surface area contributed by atoms with Crippen LogP contribution in [-0.4, -0.2) is 39.3 Å². The summed E-state index contributed by atoms with van der Waals surface area (Å²) in [5.41, 5.74) is 0.729. The van der Waals surface area contributed by atoms with Crippen LogP contribution in [0, 0.1) is 5.82 Å². The Kier molecular flexibility index (Phi) is 6.29. The smallest absolute Gasteiger partial charge is 0.324 e. The van der Waals surface area contributed by atoms with Gasteiger partial charge in [-0.2, -0.15) is 0 Å². The summed E-state index contributed by atoms with van der Waals surface area (Å²) in [6.07, 6.45) is 0.928. The number of benzene rings is 1. The van der Waals surface area contributed by atoms with Gasteiger partial charge in [0.05, 0.1) is 7.11 Å². The molecule has 19 heavy (non-hydrogen) atoms. The van der Waals surface area contributed by atoms with Gasteiger partial charge >= 0.3 is 5.97 Å². The van der Waals surface area contributed by atoms with Gasteiger partial charge in [0.25, 0.3) is 0 Å². The molecule has 0 fully saturated rings. The lowest BCUT2D eigenvalue weighted by Gasteiger charge is -2.25. The lowest BCUT2D eigenvalue weighted by atomic mass is 10.2. The van der Waals surface area contributed by atoms with Crippen molar-refractivity contribution in [1.29, 1.82) is 0 Å². The Morgan fingerprint density at radius 3 is 2.84 bits per heavy atom. The molecule has 0 aliphatic carbocycles. The molecule has 1 N–H and O–H groups in total. The number of halogens is 1. The van der Waals surface area contributed by atoms with E-state index in [9.17, 15) is 9.18 Å². The van der Waals surface area contributed by atoms with Crippen LogP contribution in [0.2, 0.25) is 0 Å². The molecular weight excluding hydrogens is 247 g/mol. The summed E-state index contributed by atoms with van der Waals surface area (Å²) in [6, 6.07) is 5.86. The Morgan fingerprint density at radius 1 is 1.53 bits per heavy atom. The second kappa shape index (κ2) is 7.74. The first-order valence-corrected chi connectivity index (χ1v) is 6.36. The fourth-order valence-electron chi connectivity index (χ4n) is 1.78. The van der Waals surface area contributed by atoms with Gasteiger partial charge in [0.1, 0.15) is 11.9 Å². The van der Waals surface area contributed by atoms with Crippen molar-refractivity contribution >= 4 is 11.7 Å². The first kappa shape index (κ1) is 15.4. The first-order chi connectivity index (χ1) is 9.08. The predicted molar refractivity (Wildman–Crippen MR) is 73.8 cm³/mol. The monoisotopic (exact) mass is 268 g/mol. The molecular formula is C14H21FN2O2. The summed E-state index contributed by atoms with van der Waals surface area (Å²) >= 11 is 0. The molecule has 1 aromatic carbocycles. The molecule has 4 nitrogen and oxygen atoms in total. The minimum atomic E-state index is -0.418. The highest BCUT2D eigenvalue weighted by Crippen LogP contribution is 2.14. The topological polar surface area (TPSA) is 41.6 Å². The van der Waals surface area contributed by atoms with E-state index in [0.29, 0.717) is 6.54 Å². The van der Waals surface area contributed by atoms with E-state index in [0.717, 1.165) is 18.7 Å². The number of likely N-dealkylation sites (N-methyl/N-ethyl adjacent to an activating group) is 1. The number of ether oxygens (including phenoxy) is 1. The number of nitrogens with one attached hydrogen (secondary N) is 1. The minimum Gasteiger partial charge on any atom is -0.468 e. The quantitative estimate of drug-likeness (QED) is 0.766. The van der Waals surface area contributed by atoms with Gasteiger partial charge in [-0.3, -0.25) is 4.79 Å². The average Bonchev–Trinajstić information content (AvgIpc) is 2.42. The number of esters is 1. The summed E-state index contributed by atoms with van der Waals surface area (Å²) in [6.45, 7) is 3.19. The summed E-state index contributed by atoms with van der Waals surface area (Å²) < 4.78 is 17.9. The van der Waals surface area contributed by atoms with Crippen molar-refractivity contribution < 1.29 is 13.9 Å². The van der Waals surface area contributed by atoms with Crippen molar-refractivity contribution in [2.75, 3.05) is 32.1 Å². The first-order valence-electron chi connectivity index (χ1n) is 6.36. The van der Waals surface area contributed by atoms with Crippen LogP contribution in [0.25, 0.3) is 0 Å². The van der Waals surface area contributed by atoms with Gasteiger partial charge in [-0.25, -0.2) is 4.39 Å². The van der Waals surface area contributed by atoms with Gasteiger partial charge in [-0.15, -0.1) is 0 Å². The molecule has 1 atom stereocenters. The maximum atomic E-state index is 13.2. The summed E-state index contributed by atoms with van der Waals surface area (Å²) in [5, 5.41) is 3.13. The molecule has 5 heteroatoms. The van der Waals surface area contributed by atoms with E-state index in [1.807, 2.05) is 18.9 Å². The number of methoxy groups -OCH3 is 1. The van der Waals surface area contributed by atoms with E-state index in [1.54, 1.807) is 12.1 Å². The molecule has 106 valence electrons. The van der Waals surface area contributed by atoms with Gasteiger partial charge in [0, 0.05) is 19.3 Å². The van der Waals surface area contributed by atoms with Crippen molar-refractivity contribution in [2.45, 2.75) is 19.4 Å². The van der Waals surface area contributed by atoms with Crippen molar-refractivity contribution in [2.24, 2.45) is 0 Å². The zero-order chi connectivity index (χ0) is 14.3. The highest BCUT2D eigenvalue weighted by Gasteiger charge is 2.20. The predicted octanol–water partition coefficient (Wildman–Crippen LogP) is 1.80. The van der Waals surface area contributed by atoms with E-state index in [1.165, 1.54) is 19.2 Å². The summed E-state index contributed by atoms with van der Waals surface area (Å²) in [7, 11) is 3.18. The van der Waals surface area contributed by atoms with Crippen molar-refractivity contribution in [3.05, 3.63) is 30.1 Å². The molecule has 0 aliphatic heterocycles. The fourth-order valence-corrected chi connectivity index (χ4v) is 1.78.